The molecular weight excluding hydrogens is 342 g/mol. The Morgan fingerprint density at radius 2 is 1.89 bits per heavy atom. The van der Waals surface area contributed by atoms with E-state index in [-0.39, 0.29) is 5.56 Å². The first-order chi connectivity index (χ1) is 12.8. The van der Waals surface area contributed by atoms with Crippen LogP contribution in [0.25, 0.3) is 11.3 Å². The molecule has 0 spiro atoms. The van der Waals surface area contributed by atoms with Crippen LogP contribution in [-0.4, -0.2) is 14.5 Å². The van der Waals surface area contributed by atoms with Crippen molar-refractivity contribution in [3.05, 3.63) is 74.1 Å². The van der Waals surface area contributed by atoms with Crippen molar-refractivity contribution in [2.45, 2.75) is 33.6 Å². The number of ether oxygens (including phenoxy) is 1. The molecule has 6 nitrogen and oxygen atoms in total. The molecule has 0 aliphatic carbocycles. The third kappa shape index (κ3) is 3.56. The largest absolute Gasteiger partial charge is 0.439 e. The van der Waals surface area contributed by atoms with Gasteiger partial charge in [0, 0.05) is 29.9 Å². The third-order valence-corrected chi connectivity index (χ3v) is 4.65. The van der Waals surface area contributed by atoms with Gasteiger partial charge in [-0.2, -0.15) is 0 Å². The van der Waals surface area contributed by atoms with E-state index in [1.54, 1.807) is 20.2 Å². The van der Waals surface area contributed by atoms with Gasteiger partial charge in [0.05, 0.1) is 5.69 Å². The maximum Gasteiger partial charge on any atom is 0.328 e. The van der Waals surface area contributed by atoms with Crippen LogP contribution in [0.3, 0.4) is 0 Å². The molecule has 6 heteroatoms. The highest BCUT2D eigenvalue weighted by Crippen LogP contribution is 2.31. The highest BCUT2D eigenvalue weighted by molar-refractivity contribution is 5.67. The number of hydrogen-bond donors (Lipinski definition) is 1. The second-order valence-corrected chi connectivity index (χ2v) is 6.92. The van der Waals surface area contributed by atoms with E-state index >= 15 is 0 Å². The van der Waals surface area contributed by atoms with Crippen LogP contribution in [0.5, 0.6) is 11.6 Å². The first-order valence-electron chi connectivity index (χ1n) is 8.83. The number of H-pyrrole nitrogens is 1. The van der Waals surface area contributed by atoms with Crippen molar-refractivity contribution in [2.24, 2.45) is 7.05 Å². The molecule has 0 atom stereocenters. The number of aromatic nitrogens is 3. The van der Waals surface area contributed by atoms with Crippen LogP contribution in [0.2, 0.25) is 0 Å². The van der Waals surface area contributed by atoms with Crippen LogP contribution >= 0.6 is 0 Å². The monoisotopic (exact) mass is 365 g/mol. The summed E-state index contributed by atoms with van der Waals surface area (Å²) in [6.45, 7) is 7.82. The number of hydrogen-bond acceptors (Lipinski definition) is 4. The van der Waals surface area contributed by atoms with E-state index in [2.05, 4.69) is 23.8 Å². The summed E-state index contributed by atoms with van der Waals surface area (Å²) >= 11 is 0. The van der Waals surface area contributed by atoms with Crippen molar-refractivity contribution in [3.63, 3.8) is 0 Å². The first kappa shape index (κ1) is 18.6. The second kappa shape index (κ2) is 7.23. The van der Waals surface area contributed by atoms with E-state index in [1.165, 1.54) is 4.57 Å². The average molecular weight is 365 g/mol. The van der Waals surface area contributed by atoms with Crippen LogP contribution in [0.1, 0.15) is 36.5 Å². The highest BCUT2D eigenvalue weighted by Gasteiger charge is 2.15. The van der Waals surface area contributed by atoms with E-state index in [4.69, 9.17) is 4.74 Å². The fourth-order valence-corrected chi connectivity index (χ4v) is 3.12. The van der Waals surface area contributed by atoms with Crippen molar-refractivity contribution in [1.29, 1.82) is 0 Å². The summed E-state index contributed by atoms with van der Waals surface area (Å²) in [5, 5.41) is 0. The van der Waals surface area contributed by atoms with Gasteiger partial charge >= 0.3 is 5.69 Å². The molecule has 0 fully saturated rings. The Hall–Kier alpha value is -3.15. The van der Waals surface area contributed by atoms with Crippen molar-refractivity contribution < 1.29 is 4.74 Å². The van der Waals surface area contributed by atoms with Gasteiger partial charge < -0.3 is 4.74 Å². The minimum absolute atomic E-state index is 0.294. The molecule has 27 heavy (non-hydrogen) atoms. The van der Waals surface area contributed by atoms with Gasteiger partial charge in [0.25, 0.3) is 5.56 Å². The molecule has 2 aromatic heterocycles. The van der Waals surface area contributed by atoms with Crippen LogP contribution in [0, 0.1) is 13.8 Å². The van der Waals surface area contributed by atoms with Gasteiger partial charge in [-0.05, 0) is 49.6 Å². The summed E-state index contributed by atoms with van der Waals surface area (Å²) in [5.41, 5.74) is 3.05. The number of aromatic amines is 1. The lowest BCUT2D eigenvalue weighted by molar-refractivity contribution is 0.453. The number of rotatable bonds is 4. The van der Waals surface area contributed by atoms with Gasteiger partial charge in [-0.25, -0.2) is 9.78 Å². The van der Waals surface area contributed by atoms with Crippen molar-refractivity contribution in [2.75, 3.05) is 0 Å². The summed E-state index contributed by atoms with van der Waals surface area (Å²) in [7, 11) is 1.65. The lowest BCUT2D eigenvalue weighted by Gasteiger charge is -2.15. The summed E-state index contributed by atoms with van der Waals surface area (Å²) in [5.74, 6) is 1.53. The van der Waals surface area contributed by atoms with Gasteiger partial charge in [0.1, 0.15) is 5.75 Å². The minimum atomic E-state index is -0.435. The topological polar surface area (TPSA) is 77.0 Å². The number of pyridine rings is 1. The number of nitrogens with zero attached hydrogens (tertiary/aromatic N) is 2. The fourth-order valence-electron chi connectivity index (χ4n) is 3.12. The standard InChI is InChI=1S/C21H23N3O3/c1-12(2)16-7-6-10-22-20(16)27-15-8-9-17(13(3)11-15)18-14(4)19(25)23-21(26)24(18)5/h6-12H,1-5H3,(H,23,25,26). The maximum atomic E-state index is 12.0. The lowest BCUT2D eigenvalue weighted by atomic mass is 10.0. The van der Waals surface area contributed by atoms with Crippen LogP contribution in [0.15, 0.2) is 46.1 Å². The van der Waals surface area contributed by atoms with Gasteiger partial charge in [-0.3, -0.25) is 14.3 Å². The molecule has 0 saturated carbocycles. The third-order valence-electron chi connectivity index (χ3n) is 4.65. The summed E-state index contributed by atoms with van der Waals surface area (Å²) < 4.78 is 7.46. The summed E-state index contributed by atoms with van der Waals surface area (Å²) in [4.78, 5) is 30.6. The molecule has 0 aliphatic heterocycles. The van der Waals surface area contributed by atoms with Gasteiger partial charge in [-0.15, -0.1) is 0 Å². The first-order valence-corrected chi connectivity index (χ1v) is 8.83. The Balaban J connectivity index is 2.04. The molecular formula is C21H23N3O3. The molecule has 3 aromatic rings. The molecule has 140 valence electrons. The summed E-state index contributed by atoms with van der Waals surface area (Å²) in [6, 6.07) is 9.48. The number of benzene rings is 1. The Labute approximate surface area is 157 Å². The van der Waals surface area contributed by atoms with Gasteiger partial charge in [-0.1, -0.05) is 19.9 Å². The molecule has 0 aliphatic rings. The predicted molar refractivity (Wildman–Crippen MR) is 106 cm³/mol. The molecule has 0 saturated heterocycles. The normalized spacial score (nSPS) is 11.0. The number of aryl methyl sites for hydroxylation is 1. The summed E-state index contributed by atoms with van der Waals surface area (Å²) in [6.07, 6.45) is 1.71. The fraction of sp³-hybridized carbons (Fsp3) is 0.286. The molecule has 0 unspecified atom stereocenters. The molecule has 0 radical (unpaired) electrons. The zero-order valence-corrected chi connectivity index (χ0v) is 16.2. The zero-order valence-electron chi connectivity index (χ0n) is 16.2. The Morgan fingerprint density at radius 3 is 2.56 bits per heavy atom. The van der Waals surface area contributed by atoms with E-state index in [1.807, 2.05) is 37.3 Å². The minimum Gasteiger partial charge on any atom is -0.439 e. The molecule has 1 N–H and O–H groups in total. The SMILES string of the molecule is Cc1cc(Oc2ncccc2C(C)C)ccc1-c1c(C)c(=O)[nH]c(=O)n1C. The Bertz CT molecular complexity index is 1080. The smallest absolute Gasteiger partial charge is 0.328 e. The van der Waals surface area contributed by atoms with Gasteiger partial charge in [0.15, 0.2) is 0 Å². The number of nitrogens with one attached hydrogen (secondary N) is 1. The Kier molecular flexibility index (Phi) is 4.99. The molecule has 0 bridgehead atoms. The van der Waals surface area contributed by atoms with E-state index < -0.39 is 5.69 Å². The van der Waals surface area contributed by atoms with Gasteiger partial charge in [0.2, 0.25) is 5.88 Å². The van der Waals surface area contributed by atoms with Crippen LogP contribution < -0.4 is 16.0 Å². The highest BCUT2D eigenvalue weighted by atomic mass is 16.5. The molecule has 1 aromatic carbocycles. The van der Waals surface area contributed by atoms with E-state index in [0.717, 1.165) is 16.7 Å². The van der Waals surface area contributed by atoms with E-state index in [0.29, 0.717) is 28.8 Å². The molecule has 2 heterocycles. The second-order valence-electron chi connectivity index (χ2n) is 6.92. The van der Waals surface area contributed by atoms with Crippen molar-refractivity contribution in [1.82, 2.24) is 14.5 Å². The Morgan fingerprint density at radius 1 is 1.15 bits per heavy atom. The van der Waals surface area contributed by atoms with E-state index in [9.17, 15) is 9.59 Å². The van der Waals surface area contributed by atoms with Crippen molar-refractivity contribution in [3.8, 4) is 22.9 Å². The van der Waals surface area contributed by atoms with Crippen molar-refractivity contribution >= 4 is 0 Å². The molecule has 3 rings (SSSR count). The maximum absolute atomic E-state index is 12.0. The quantitative estimate of drug-likeness (QED) is 0.765. The predicted octanol–water partition coefficient (Wildman–Crippen LogP) is 3.67. The average Bonchev–Trinajstić information content (AvgIpc) is 2.62. The lowest BCUT2D eigenvalue weighted by Crippen LogP contribution is -2.31. The molecule has 0 amide bonds. The van der Waals surface area contributed by atoms with Crippen LogP contribution in [-0.2, 0) is 7.05 Å². The zero-order chi connectivity index (χ0) is 19.7. The van der Waals surface area contributed by atoms with Crippen LogP contribution in [0.4, 0.5) is 0 Å².